The molecule has 0 unspecified atom stereocenters. The molecule has 1 aromatic heterocycles. The number of benzene rings is 1. The number of aryl methyl sites for hydroxylation is 1. The van der Waals surface area contributed by atoms with Crippen LogP contribution >= 0.6 is 0 Å². The molecule has 0 saturated heterocycles. The summed E-state index contributed by atoms with van der Waals surface area (Å²) in [5.74, 6) is -2.46. The average molecular weight is 274 g/mol. The number of carbonyl (C=O) groups is 2. The third kappa shape index (κ3) is 2.97. The SMILES string of the molecule is Cc1ccc(F)c(C(=O)Nc2cncc(C(=O)O)c2)c1. The van der Waals surface area contributed by atoms with Gasteiger partial charge in [-0.2, -0.15) is 0 Å². The van der Waals surface area contributed by atoms with Gasteiger partial charge in [0.1, 0.15) is 5.82 Å². The first-order valence-electron chi connectivity index (χ1n) is 5.73. The van der Waals surface area contributed by atoms with Gasteiger partial charge in [-0.05, 0) is 25.1 Å². The molecular weight excluding hydrogens is 263 g/mol. The van der Waals surface area contributed by atoms with E-state index in [-0.39, 0.29) is 16.8 Å². The van der Waals surface area contributed by atoms with E-state index in [2.05, 4.69) is 10.3 Å². The lowest BCUT2D eigenvalue weighted by molar-refractivity contribution is 0.0696. The molecule has 20 heavy (non-hydrogen) atoms. The van der Waals surface area contributed by atoms with E-state index in [9.17, 15) is 14.0 Å². The Morgan fingerprint density at radius 3 is 2.70 bits per heavy atom. The van der Waals surface area contributed by atoms with Gasteiger partial charge < -0.3 is 10.4 Å². The Hall–Kier alpha value is -2.76. The molecule has 1 amide bonds. The van der Waals surface area contributed by atoms with Gasteiger partial charge in [0.25, 0.3) is 5.91 Å². The number of rotatable bonds is 3. The van der Waals surface area contributed by atoms with Gasteiger partial charge in [-0.3, -0.25) is 9.78 Å². The van der Waals surface area contributed by atoms with Crippen molar-refractivity contribution in [1.29, 1.82) is 0 Å². The summed E-state index contributed by atoms with van der Waals surface area (Å²) in [4.78, 5) is 26.4. The summed E-state index contributed by atoms with van der Waals surface area (Å²) in [6.45, 7) is 1.74. The van der Waals surface area contributed by atoms with Crippen molar-refractivity contribution in [2.24, 2.45) is 0 Å². The molecule has 2 N–H and O–H groups in total. The molecule has 0 aliphatic heterocycles. The van der Waals surface area contributed by atoms with Crippen molar-refractivity contribution in [2.45, 2.75) is 6.92 Å². The minimum Gasteiger partial charge on any atom is -0.478 e. The van der Waals surface area contributed by atoms with E-state index in [0.717, 1.165) is 11.8 Å². The number of nitrogens with one attached hydrogen (secondary N) is 1. The molecule has 0 aliphatic carbocycles. The molecule has 0 radical (unpaired) electrons. The number of anilines is 1. The molecule has 5 nitrogen and oxygen atoms in total. The molecule has 1 heterocycles. The highest BCUT2D eigenvalue weighted by molar-refractivity contribution is 6.05. The van der Waals surface area contributed by atoms with E-state index < -0.39 is 17.7 Å². The highest BCUT2D eigenvalue weighted by Gasteiger charge is 2.13. The van der Waals surface area contributed by atoms with Crippen LogP contribution < -0.4 is 5.32 Å². The van der Waals surface area contributed by atoms with Crippen LogP contribution in [0.2, 0.25) is 0 Å². The van der Waals surface area contributed by atoms with E-state index in [4.69, 9.17) is 5.11 Å². The van der Waals surface area contributed by atoms with Gasteiger partial charge in [-0.1, -0.05) is 11.6 Å². The van der Waals surface area contributed by atoms with Gasteiger partial charge in [0.2, 0.25) is 0 Å². The standard InChI is InChI=1S/C14H11FN2O3/c1-8-2-3-12(15)11(4-8)13(18)17-10-5-9(14(19)20)6-16-7-10/h2-7H,1H3,(H,17,18)(H,19,20). The summed E-state index contributed by atoms with van der Waals surface area (Å²) in [6.07, 6.45) is 2.45. The van der Waals surface area contributed by atoms with Gasteiger partial charge >= 0.3 is 5.97 Å². The molecule has 1 aromatic carbocycles. The number of aromatic nitrogens is 1. The van der Waals surface area contributed by atoms with Crippen LogP contribution in [-0.2, 0) is 0 Å². The minimum absolute atomic E-state index is 0.0625. The van der Waals surface area contributed by atoms with Crippen molar-refractivity contribution in [3.8, 4) is 0 Å². The number of hydrogen-bond donors (Lipinski definition) is 2. The Kier molecular flexibility index (Phi) is 3.74. The van der Waals surface area contributed by atoms with E-state index in [1.54, 1.807) is 13.0 Å². The Labute approximate surface area is 114 Å². The second-order valence-corrected chi connectivity index (χ2v) is 4.20. The molecule has 0 atom stereocenters. The van der Waals surface area contributed by atoms with E-state index >= 15 is 0 Å². The maximum Gasteiger partial charge on any atom is 0.337 e. The van der Waals surface area contributed by atoms with Crippen LogP contribution in [0.15, 0.2) is 36.7 Å². The Morgan fingerprint density at radius 2 is 2.00 bits per heavy atom. The number of hydrogen-bond acceptors (Lipinski definition) is 3. The topological polar surface area (TPSA) is 79.3 Å². The number of carboxylic acid groups (broad SMARTS) is 1. The fraction of sp³-hybridized carbons (Fsp3) is 0.0714. The van der Waals surface area contributed by atoms with E-state index in [1.807, 2.05) is 0 Å². The largest absolute Gasteiger partial charge is 0.478 e. The highest BCUT2D eigenvalue weighted by Crippen LogP contribution is 2.14. The molecule has 0 spiro atoms. The van der Waals surface area contributed by atoms with Crippen molar-refractivity contribution in [1.82, 2.24) is 4.98 Å². The number of nitrogens with zero attached hydrogens (tertiary/aromatic N) is 1. The molecule has 0 aliphatic rings. The average Bonchev–Trinajstić information content (AvgIpc) is 2.41. The summed E-state index contributed by atoms with van der Waals surface area (Å²) in [7, 11) is 0. The quantitative estimate of drug-likeness (QED) is 0.901. The van der Waals surface area contributed by atoms with Crippen LogP contribution in [-0.4, -0.2) is 22.0 Å². The monoisotopic (exact) mass is 274 g/mol. The number of halogens is 1. The number of amides is 1. The van der Waals surface area contributed by atoms with Crippen molar-refractivity contribution in [2.75, 3.05) is 5.32 Å². The molecule has 0 fully saturated rings. The first-order chi connectivity index (χ1) is 9.47. The van der Waals surface area contributed by atoms with Crippen LogP contribution in [0.4, 0.5) is 10.1 Å². The summed E-state index contributed by atoms with van der Waals surface area (Å²) in [5, 5.41) is 11.2. The van der Waals surface area contributed by atoms with Crippen LogP contribution in [0.1, 0.15) is 26.3 Å². The Bertz CT molecular complexity index is 686. The molecule has 0 saturated carbocycles. The van der Waals surface area contributed by atoms with Crippen LogP contribution in [0.3, 0.4) is 0 Å². The smallest absolute Gasteiger partial charge is 0.337 e. The van der Waals surface area contributed by atoms with Crippen molar-refractivity contribution in [3.05, 3.63) is 59.2 Å². The molecule has 2 aromatic rings. The Balaban J connectivity index is 2.25. The number of carboxylic acids is 1. The first-order valence-corrected chi connectivity index (χ1v) is 5.73. The summed E-state index contributed by atoms with van der Waals surface area (Å²) >= 11 is 0. The lowest BCUT2D eigenvalue weighted by Gasteiger charge is -2.07. The molecule has 6 heteroatoms. The Morgan fingerprint density at radius 1 is 1.25 bits per heavy atom. The van der Waals surface area contributed by atoms with E-state index in [0.29, 0.717) is 0 Å². The molecule has 0 bridgehead atoms. The maximum atomic E-state index is 13.6. The first kappa shape index (κ1) is 13.7. The van der Waals surface area contributed by atoms with Crippen molar-refractivity contribution < 1.29 is 19.1 Å². The zero-order valence-corrected chi connectivity index (χ0v) is 10.6. The lowest BCUT2D eigenvalue weighted by atomic mass is 10.1. The van der Waals surface area contributed by atoms with Crippen molar-refractivity contribution >= 4 is 17.6 Å². The summed E-state index contributed by atoms with van der Waals surface area (Å²) in [5.41, 5.74) is 0.767. The van der Waals surface area contributed by atoms with Crippen LogP contribution in [0, 0.1) is 12.7 Å². The number of pyridine rings is 1. The normalized spacial score (nSPS) is 10.1. The third-order valence-electron chi connectivity index (χ3n) is 2.61. The zero-order valence-electron chi connectivity index (χ0n) is 10.6. The van der Waals surface area contributed by atoms with Gasteiger partial charge in [-0.25, -0.2) is 9.18 Å². The maximum absolute atomic E-state index is 13.6. The fourth-order valence-electron chi connectivity index (χ4n) is 1.64. The number of aromatic carboxylic acids is 1. The minimum atomic E-state index is -1.16. The van der Waals surface area contributed by atoms with Gasteiger partial charge in [0, 0.05) is 6.20 Å². The third-order valence-corrected chi connectivity index (χ3v) is 2.61. The fourth-order valence-corrected chi connectivity index (χ4v) is 1.64. The molecular formula is C14H11FN2O3. The summed E-state index contributed by atoms with van der Waals surface area (Å²) in [6, 6.07) is 5.43. The van der Waals surface area contributed by atoms with E-state index in [1.165, 1.54) is 24.4 Å². The van der Waals surface area contributed by atoms with Gasteiger partial charge in [0.15, 0.2) is 0 Å². The molecule has 2 rings (SSSR count). The van der Waals surface area contributed by atoms with Crippen LogP contribution in [0.5, 0.6) is 0 Å². The lowest BCUT2D eigenvalue weighted by Crippen LogP contribution is -2.14. The second-order valence-electron chi connectivity index (χ2n) is 4.20. The predicted molar refractivity (Wildman–Crippen MR) is 70.3 cm³/mol. The predicted octanol–water partition coefficient (Wildman–Crippen LogP) is 2.48. The van der Waals surface area contributed by atoms with Crippen molar-refractivity contribution in [3.63, 3.8) is 0 Å². The van der Waals surface area contributed by atoms with Gasteiger partial charge in [0.05, 0.1) is 23.0 Å². The second kappa shape index (κ2) is 5.48. The number of carbonyl (C=O) groups excluding carboxylic acids is 1. The highest BCUT2D eigenvalue weighted by atomic mass is 19.1. The summed E-state index contributed by atoms with van der Waals surface area (Å²) < 4.78 is 13.6. The molecule has 102 valence electrons. The zero-order chi connectivity index (χ0) is 14.7. The van der Waals surface area contributed by atoms with Gasteiger partial charge in [-0.15, -0.1) is 0 Å². The van der Waals surface area contributed by atoms with Crippen LogP contribution in [0.25, 0.3) is 0 Å².